The molecule has 4 aromatic rings. The molecule has 3 aromatic heterocycles. The van der Waals surface area contributed by atoms with Crippen LogP contribution in [0.25, 0.3) is 16.7 Å². The molecule has 1 aromatic carbocycles. The van der Waals surface area contributed by atoms with Crippen LogP contribution in [0.4, 0.5) is 10.2 Å². The minimum atomic E-state index is -0.275. The fourth-order valence-electron chi connectivity index (χ4n) is 3.63. The summed E-state index contributed by atoms with van der Waals surface area (Å²) in [5.74, 6) is 0.616. The van der Waals surface area contributed by atoms with Gasteiger partial charge < -0.3 is 4.90 Å². The molecule has 0 spiro atoms. The summed E-state index contributed by atoms with van der Waals surface area (Å²) in [5.41, 5.74) is 1.49. The summed E-state index contributed by atoms with van der Waals surface area (Å²) in [6, 6.07) is 10.3. The van der Waals surface area contributed by atoms with Crippen molar-refractivity contribution in [3.8, 4) is 5.69 Å². The maximum Gasteiger partial charge on any atom is 0.168 e. The monoisotopic (exact) mass is 428 g/mol. The molecule has 5 rings (SSSR count). The van der Waals surface area contributed by atoms with E-state index in [9.17, 15) is 4.39 Å². The topological polar surface area (TPSA) is 50.1 Å². The van der Waals surface area contributed by atoms with Crippen LogP contribution in [0.15, 0.2) is 48.9 Å². The summed E-state index contributed by atoms with van der Waals surface area (Å²) in [4.78, 5) is 14.9. The molecule has 1 fully saturated rings. The van der Waals surface area contributed by atoms with E-state index in [1.54, 1.807) is 40.7 Å². The molecule has 0 bridgehead atoms. The van der Waals surface area contributed by atoms with Gasteiger partial charge in [0.25, 0.3) is 0 Å². The van der Waals surface area contributed by atoms with E-state index >= 15 is 0 Å². The molecule has 0 saturated carbocycles. The summed E-state index contributed by atoms with van der Waals surface area (Å²) in [6.07, 6.45) is 3.35. The minimum absolute atomic E-state index is 0.275. The molecule has 148 valence electrons. The molecule has 9 heteroatoms. The van der Waals surface area contributed by atoms with Gasteiger partial charge >= 0.3 is 0 Å². The second-order valence-corrected chi connectivity index (χ2v) is 8.74. The van der Waals surface area contributed by atoms with Gasteiger partial charge in [0, 0.05) is 37.6 Å². The van der Waals surface area contributed by atoms with Crippen molar-refractivity contribution >= 4 is 39.8 Å². The number of hydrogen-bond acceptors (Lipinski definition) is 6. The Morgan fingerprint density at radius 1 is 1.00 bits per heavy atom. The van der Waals surface area contributed by atoms with Crippen LogP contribution in [0.3, 0.4) is 0 Å². The molecule has 6 nitrogen and oxygen atoms in total. The number of thiophene rings is 1. The van der Waals surface area contributed by atoms with Crippen molar-refractivity contribution in [2.45, 2.75) is 6.54 Å². The van der Waals surface area contributed by atoms with Gasteiger partial charge in [-0.1, -0.05) is 11.6 Å². The summed E-state index contributed by atoms with van der Waals surface area (Å²) >= 11 is 7.68. The highest BCUT2D eigenvalue weighted by molar-refractivity contribution is 7.16. The van der Waals surface area contributed by atoms with E-state index in [1.807, 2.05) is 6.07 Å². The van der Waals surface area contributed by atoms with Crippen molar-refractivity contribution in [2.75, 3.05) is 31.1 Å². The van der Waals surface area contributed by atoms with Crippen LogP contribution in [0, 0.1) is 5.82 Å². The Morgan fingerprint density at radius 3 is 2.52 bits per heavy atom. The molecule has 0 atom stereocenters. The average molecular weight is 429 g/mol. The van der Waals surface area contributed by atoms with Gasteiger partial charge in [-0.2, -0.15) is 5.10 Å². The molecule has 0 unspecified atom stereocenters. The molecule has 1 saturated heterocycles. The Hall–Kier alpha value is -2.55. The predicted molar refractivity (Wildman–Crippen MR) is 113 cm³/mol. The first-order valence-electron chi connectivity index (χ1n) is 9.33. The molecule has 1 aliphatic rings. The van der Waals surface area contributed by atoms with Crippen molar-refractivity contribution in [3.63, 3.8) is 0 Å². The van der Waals surface area contributed by atoms with E-state index in [1.165, 1.54) is 17.0 Å². The average Bonchev–Trinajstić information content (AvgIpc) is 3.35. The van der Waals surface area contributed by atoms with Crippen LogP contribution in [0.5, 0.6) is 0 Å². The highest BCUT2D eigenvalue weighted by Crippen LogP contribution is 2.27. The van der Waals surface area contributed by atoms with E-state index < -0.39 is 0 Å². The van der Waals surface area contributed by atoms with Gasteiger partial charge in [0.15, 0.2) is 5.65 Å². The van der Waals surface area contributed by atoms with Crippen molar-refractivity contribution in [3.05, 3.63) is 64.0 Å². The zero-order valence-corrected chi connectivity index (χ0v) is 17.1. The number of hydrogen-bond donors (Lipinski definition) is 0. The number of aromatic nitrogens is 4. The van der Waals surface area contributed by atoms with Crippen LogP contribution in [-0.2, 0) is 6.54 Å². The number of halogens is 2. The van der Waals surface area contributed by atoms with Crippen molar-refractivity contribution in [2.24, 2.45) is 0 Å². The number of anilines is 1. The lowest BCUT2D eigenvalue weighted by Gasteiger charge is -2.35. The lowest BCUT2D eigenvalue weighted by Crippen LogP contribution is -2.46. The van der Waals surface area contributed by atoms with Crippen molar-refractivity contribution in [1.29, 1.82) is 0 Å². The largest absolute Gasteiger partial charge is 0.353 e. The lowest BCUT2D eigenvalue weighted by molar-refractivity contribution is 0.251. The van der Waals surface area contributed by atoms with Crippen LogP contribution in [-0.4, -0.2) is 50.8 Å². The Kier molecular flexibility index (Phi) is 4.91. The summed E-state index contributed by atoms with van der Waals surface area (Å²) in [7, 11) is 0. The first-order chi connectivity index (χ1) is 14.2. The summed E-state index contributed by atoms with van der Waals surface area (Å²) < 4.78 is 15.8. The van der Waals surface area contributed by atoms with Gasteiger partial charge in [0.1, 0.15) is 18.0 Å². The van der Waals surface area contributed by atoms with E-state index in [0.29, 0.717) is 0 Å². The molecule has 29 heavy (non-hydrogen) atoms. The van der Waals surface area contributed by atoms with Gasteiger partial charge in [-0.3, -0.25) is 4.90 Å². The van der Waals surface area contributed by atoms with Crippen molar-refractivity contribution in [1.82, 2.24) is 24.6 Å². The quantitative estimate of drug-likeness (QED) is 0.492. The molecule has 1 aliphatic heterocycles. The molecule has 4 heterocycles. The zero-order chi connectivity index (χ0) is 19.8. The van der Waals surface area contributed by atoms with Crippen LogP contribution in [0.1, 0.15) is 4.88 Å². The number of nitrogens with zero attached hydrogens (tertiary/aromatic N) is 6. The highest BCUT2D eigenvalue weighted by atomic mass is 35.5. The van der Waals surface area contributed by atoms with E-state index in [2.05, 4.69) is 30.9 Å². The number of piperazine rings is 1. The molecular weight excluding hydrogens is 411 g/mol. The van der Waals surface area contributed by atoms with E-state index in [4.69, 9.17) is 11.6 Å². The van der Waals surface area contributed by atoms with Crippen LogP contribution in [0.2, 0.25) is 4.34 Å². The number of rotatable bonds is 4. The third kappa shape index (κ3) is 3.71. The highest BCUT2D eigenvalue weighted by Gasteiger charge is 2.22. The third-order valence-electron chi connectivity index (χ3n) is 5.10. The summed E-state index contributed by atoms with van der Waals surface area (Å²) in [5, 5.41) is 5.37. The molecule has 0 amide bonds. The van der Waals surface area contributed by atoms with E-state index in [-0.39, 0.29) is 5.82 Å². The van der Waals surface area contributed by atoms with Gasteiger partial charge in [0.2, 0.25) is 0 Å². The Labute approximate surface area is 176 Å². The van der Waals surface area contributed by atoms with Crippen LogP contribution >= 0.6 is 22.9 Å². The lowest BCUT2D eigenvalue weighted by atomic mass is 10.2. The Bertz CT molecular complexity index is 1130. The Morgan fingerprint density at radius 2 is 1.79 bits per heavy atom. The standard InChI is InChI=1S/C20H18ClFN6S/c21-18-6-5-16(29-18)12-26-7-9-27(10-8-26)19-17-11-25-28(20(17)24-13-23-19)15-3-1-14(22)2-4-15/h1-6,11,13H,7-10,12H2. The van der Waals surface area contributed by atoms with E-state index in [0.717, 1.165) is 59.6 Å². The molecule has 0 N–H and O–H groups in total. The first kappa shape index (κ1) is 18.5. The van der Waals surface area contributed by atoms with Crippen molar-refractivity contribution < 1.29 is 4.39 Å². The number of benzene rings is 1. The van der Waals surface area contributed by atoms with Gasteiger partial charge in [-0.05, 0) is 36.4 Å². The SMILES string of the molecule is Fc1ccc(-n2ncc3c(N4CCN(Cc5ccc(Cl)s5)CC4)ncnc32)cc1. The Balaban J connectivity index is 1.35. The second-order valence-electron chi connectivity index (χ2n) is 6.94. The zero-order valence-electron chi connectivity index (χ0n) is 15.5. The first-order valence-corrected chi connectivity index (χ1v) is 10.5. The fraction of sp³-hybridized carbons (Fsp3) is 0.250. The minimum Gasteiger partial charge on any atom is -0.353 e. The van der Waals surface area contributed by atoms with Gasteiger partial charge in [0.05, 0.1) is 21.6 Å². The molecular formula is C20H18ClFN6S. The fourth-order valence-corrected chi connectivity index (χ4v) is 4.76. The third-order valence-corrected chi connectivity index (χ3v) is 6.31. The van der Waals surface area contributed by atoms with Gasteiger partial charge in [-0.25, -0.2) is 19.0 Å². The molecule has 0 radical (unpaired) electrons. The molecule has 0 aliphatic carbocycles. The number of fused-ring (bicyclic) bond motifs is 1. The maximum atomic E-state index is 13.2. The second kappa shape index (κ2) is 7.70. The smallest absolute Gasteiger partial charge is 0.168 e. The maximum absolute atomic E-state index is 13.2. The van der Waals surface area contributed by atoms with Gasteiger partial charge in [-0.15, -0.1) is 11.3 Å². The predicted octanol–water partition coefficient (Wildman–Crippen LogP) is 3.99. The van der Waals surface area contributed by atoms with Crippen LogP contribution < -0.4 is 4.90 Å². The summed E-state index contributed by atoms with van der Waals surface area (Å²) in [6.45, 7) is 4.59. The normalized spacial score (nSPS) is 15.3.